The smallest absolute Gasteiger partial charge is 0.161 e. The van der Waals surface area contributed by atoms with Gasteiger partial charge in [-0.15, -0.1) is 0 Å². The molecule has 0 spiro atoms. The van der Waals surface area contributed by atoms with E-state index in [1.54, 1.807) is 14.2 Å². The highest BCUT2D eigenvalue weighted by Gasteiger charge is 2.28. The van der Waals surface area contributed by atoms with E-state index < -0.39 is 0 Å². The van der Waals surface area contributed by atoms with Gasteiger partial charge in [-0.25, -0.2) is 0 Å². The van der Waals surface area contributed by atoms with Gasteiger partial charge in [-0.2, -0.15) is 0 Å². The van der Waals surface area contributed by atoms with Crippen molar-refractivity contribution in [3.05, 3.63) is 59.2 Å². The molecule has 0 amide bonds. The molecule has 0 fully saturated rings. The molecule has 120 valence electrons. The molecule has 3 rings (SSSR count). The molecule has 0 unspecified atom stereocenters. The summed E-state index contributed by atoms with van der Waals surface area (Å²) in [5, 5.41) is 0. The third kappa shape index (κ3) is 3.24. The Morgan fingerprint density at radius 1 is 1.00 bits per heavy atom. The normalized spacial score (nSPS) is 15.6. The van der Waals surface area contributed by atoms with Crippen LogP contribution in [0, 0.1) is 0 Å². The summed E-state index contributed by atoms with van der Waals surface area (Å²) in [5.74, 6) is 1.54. The molecule has 3 heteroatoms. The van der Waals surface area contributed by atoms with Crippen LogP contribution >= 0.6 is 0 Å². The lowest BCUT2D eigenvalue weighted by atomic mass is 9.85. The molecule has 0 saturated heterocycles. The molecule has 2 aromatic carbocycles. The van der Waals surface area contributed by atoms with E-state index in [0.717, 1.165) is 30.1 Å². The lowest BCUT2D eigenvalue weighted by Crippen LogP contribution is -2.30. The number of ether oxygens (including phenoxy) is 2. The van der Waals surface area contributed by atoms with Crippen molar-refractivity contribution in [2.75, 3.05) is 14.2 Å². The number of rotatable bonds is 4. The molecule has 0 bridgehead atoms. The van der Waals surface area contributed by atoms with Crippen molar-refractivity contribution < 1.29 is 9.47 Å². The first-order chi connectivity index (χ1) is 11.0. The fourth-order valence-electron chi connectivity index (χ4n) is 3.19. The van der Waals surface area contributed by atoms with Gasteiger partial charge in [-0.05, 0) is 43.5 Å². The second kappa shape index (κ2) is 6.07. The van der Waals surface area contributed by atoms with Gasteiger partial charge in [0.2, 0.25) is 0 Å². The molecule has 0 saturated carbocycles. The lowest BCUT2D eigenvalue weighted by Gasteiger charge is -2.30. The van der Waals surface area contributed by atoms with Crippen molar-refractivity contribution in [2.24, 2.45) is 4.99 Å². The van der Waals surface area contributed by atoms with E-state index in [2.05, 4.69) is 50.2 Å². The maximum absolute atomic E-state index is 5.47. The highest BCUT2D eigenvalue weighted by molar-refractivity contribution is 6.04. The first-order valence-electron chi connectivity index (χ1n) is 7.90. The predicted octanol–water partition coefficient (Wildman–Crippen LogP) is 4.07. The van der Waals surface area contributed by atoms with Gasteiger partial charge in [0.15, 0.2) is 11.5 Å². The van der Waals surface area contributed by atoms with Gasteiger partial charge in [0.25, 0.3) is 0 Å². The number of benzene rings is 2. The first kappa shape index (κ1) is 15.6. The predicted molar refractivity (Wildman–Crippen MR) is 94.0 cm³/mol. The van der Waals surface area contributed by atoms with E-state index in [0.29, 0.717) is 0 Å². The second-order valence-electron chi connectivity index (χ2n) is 6.57. The van der Waals surface area contributed by atoms with Crippen LogP contribution in [0.4, 0.5) is 0 Å². The zero-order valence-corrected chi connectivity index (χ0v) is 14.2. The highest BCUT2D eigenvalue weighted by Crippen LogP contribution is 2.36. The summed E-state index contributed by atoms with van der Waals surface area (Å²) in [5.41, 5.74) is 4.73. The van der Waals surface area contributed by atoms with Crippen molar-refractivity contribution in [3.8, 4) is 11.5 Å². The van der Waals surface area contributed by atoms with E-state index in [4.69, 9.17) is 14.5 Å². The van der Waals surface area contributed by atoms with Crippen LogP contribution in [0.5, 0.6) is 11.5 Å². The van der Waals surface area contributed by atoms with Crippen LogP contribution < -0.4 is 9.47 Å². The maximum atomic E-state index is 5.47. The molecule has 0 atom stereocenters. The first-order valence-corrected chi connectivity index (χ1v) is 7.90. The lowest BCUT2D eigenvalue weighted by molar-refractivity contribution is 0.353. The van der Waals surface area contributed by atoms with Gasteiger partial charge in [0, 0.05) is 17.7 Å². The minimum absolute atomic E-state index is 0.100. The zero-order chi connectivity index (χ0) is 16.4. The zero-order valence-electron chi connectivity index (χ0n) is 14.2. The summed E-state index contributed by atoms with van der Waals surface area (Å²) < 4.78 is 10.9. The van der Waals surface area contributed by atoms with Crippen LogP contribution in [0.15, 0.2) is 47.5 Å². The summed E-state index contributed by atoms with van der Waals surface area (Å²) >= 11 is 0. The molecule has 1 aliphatic rings. The molecule has 0 N–H and O–H groups in total. The Morgan fingerprint density at radius 2 is 1.65 bits per heavy atom. The summed E-state index contributed by atoms with van der Waals surface area (Å²) in [7, 11) is 3.35. The summed E-state index contributed by atoms with van der Waals surface area (Å²) in [6.45, 7) is 4.36. The standard InChI is InChI=1S/C20H23NO2/c1-20(2)13-15-11-18(22-3)19(23-4)12-16(15)17(21-20)10-14-8-6-5-7-9-14/h5-9,11-12H,10,13H2,1-4H3. The number of nitrogens with zero attached hydrogens (tertiary/aromatic N) is 1. The molecular weight excluding hydrogens is 286 g/mol. The Morgan fingerprint density at radius 3 is 2.30 bits per heavy atom. The molecule has 0 aliphatic carbocycles. The van der Waals surface area contributed by atoms with E-state index in [1.807, 2.05) is 6.07 Å². The highest BCUT2D eigenvalue weighted by atomic mass is 16.5. The Labute approximate surface area is 138 Å². The molecule has 2 aromatic rings. The SMILES string of the molecule is COc1cc2c(cc1OC)C(Cc1ccccc1)=NC(C)(C)C2. The van der Waals surface area contributed by atoms with E-state index in [1.165, 1.54) is 16.7 Å². The molecule has 1 aliphatic heterocycles. The van der Waals surface area contributed by atoms with Crippen LogP contribution in [0.1, 0.15) is 30.5 Å². The average molecular weight is 309 g/mol. The van der Waals surface area contributed by atoms with Crippen molar-refractivity contribution in [1.82, 2.24) is 0 Å². The third-order valence-corrected chi connectivity index (χ3v) is 4.20. The number of methoxy groups -OCH3 is 2. The van der Waals surface area contributed by atoms with Crippen molar-refractivity contribution in [2.45, 2.75) is 32.2 Å². The Hall–Kier alpha value is -2.29. The summed E-state index contributed by atoms with van der Waals surface area (Å²) in [6, 6.07) is 14.6. The molecule has 3 nitrogen and oxygen atoms in total. The van der Waals surface area contributed by atoms with Gasteiger partial charge in [-0.3, -0.25) is 4.99 Å². The van der Waals surface area contributed by atoms with Crippen LogP contribution in [-0.4, -0.2) is 25.5 Å². The van der Waals surface area contributed by atoms with Gasteiger partial charge in [-0.1, -0.05) is 30.3 Å². The molecule has 0 aromatic heterocycles. The van der Waals surface area contributed by atoms with Gasteiger partial charge < -0.3 is 9.47 Å². The number of hydrogen-bond donors (Lipinski definition) is 0. The largest absolute Gasteiger partial charge is 0.493 e. The molecular formula is C20H23NO2. The van der Waals surface area contributed by atoms with E-state index in [-0.39, 0.29) is 5.54 Å². The van der Waals surface area contributed by atoms with Crippen LogP contribution in [0.25, 0.3) is 0 Å². The molecule has 0 radical (unpaired) electrons. The summed E-state index contributed by atoms with van der Waals surface area (Å²) in [4.78, 5) is 5.00. The van der Waals surface area contributed by atoms with E-state index in [9.17, 15) is 0 Å². The van der Waals surface area contributed by atoms with Gasteiger partial charge in [0.1, 0.15) is 0 Å². The fraction of sp³-hybridized carbons (Fsp3) is 0.350. The Kier molecular flexibility index (Phi) is 4.12. The van der Waals surface area contributed by atoms with Crippen LogP contribution in [0.3, 0.4) is 0 Å². The number of fused-ring (bicyclic) bond motifs is 1. The van der Waals surface area contributed by atoms with Crippen molar-refractivity contribution in [3.63, 3.8) is 0 Å². The molecule has 1 heterocycles. The van der Waals surface area contributed by atoms with Crippen molar-refractivity contribution in [1.29, 1.82) is 0 Å². The number of aliphatic imine (C=N–C) groups is 1. The minimum atomic E-state index is -0.100. The topological polar surface area (TPSA) is 30.8 Å². The fourth-order valence-corrected chi connectivity index (χ4v) is 3.19. The second-order valence-corrected chi connectivity index (χ2v) is 6.57. The molecule has 23 heavy (non-hydrogen) atoms. The average Bonchev–Trinajstić information content (AvgIpc) is 2.53. The van der Waals surface area contributed by atoms with Gasteiger partial charge in [0.05, 0.1) is 19.8 Å². The number of hydrogen-bond acceptors (Lipinski definition) is 3. The van der Waals surface area contributed by atoms with Gasteiger partial charge >= 0.3 is 0 Å². The third-order valence-electron chi connectivity index (χ3n) is 4.20. The van der Waals surface area contributed by atoms with Crippen LogP contribution in [0.2, 0.25) is 0 Å². The van der Waals surface area contributed by atoms with E-state index >= 15 is 0 Å². The maximum Gasteiger partial charge on any atom is 0.161 e. The quantitative estimate of drug-likeness (QED) is 0.852. The van der Waals surface area contributed by atoms with Crippen molar-refractivity contribution >= 4 is 5.71 Å². The monoisotopic (exact) mass is 309 g/mol. The Balaban J connectivity index is 2.07. The summed E-state index contributed by atoms with van der Waals surface area (Å²) in [6.07, 6.45) is 1.73. The Bertz CT molecular complexity index is 733. The van der Waals surface area contributed by atoms with Crippen LogP contribution in [-0.2, 0) is 12.8 Å². The minimum Gasteiger partial charge on any atom is -0.493 e.